The maximum Gasteiger partial charge on any atom is 0.335 e. The highest BCUT2D eigenvalue weighted by molar-refractivity contribution is 6.31. The van der Waals surface area contributed by atoms with E-state index in [1.54, 1.807) is 0 Å². The molecule has 3 rings (SSSR count). The number of urea groups is 1. The summed E-state index contributed by atoms with van der Waals surface area (Å²) < 4.78 is 0. The van der Waals surface area contributed by atoms with Gasteiger partial charge in [-0.25, -0.2) is 14.4 Å². The van der Waals surface area contributed by atoms with Crippen LogP contribution in [-0.2, 0) is 22.4 Å². The van der Waals surface area contributed by atoms with Gasteiger partial charge in [0.2, 0.25) is 0 Å². The Morgan fingerprint density at radius 1 is 1.09 bits per heavy atom. The number of carbonyl (C=O) groups excluding carboxylic acids is 1. The summed E-state index contributed by atoms with van der Waals surface area (Å²) in [5.74, 6) is 2.89. The van der Waals surface area contributed by atoms with Gasteiger partial charge in [-0.3, -0.25) is 0 Å². The number of amides is 2. The third kappa shape index (κ3) is 7.57. The number of carbonyl (C=O) groups is 3. The van der Waals surface area contributed by atoms with Crippen molar-refractivity contribution in [1.82, 2.24) is 15.1 Å². The molecule has 0 aromatic heterocycles. The third-order valence-electron chi connectivity index (χ3n) is 5.68. The van der Waals surface area contributed by atoms with Crippen molar-refractivity contribution in [1.29, 1.82) is 0 Å². The summed E-state index contributed by atoms with van der Waals surface area (Å²) in [4.78, 5) is 35.8. The van der Waals surface area contributed by atoms with Crippen LogP contribution in [-0.4, -0.2) is 98.7 Å². The van der Waals surface area contributed by atoms with Crippen molar-refractivity contribution in [3.8, 4) is 11.8 Å². The zero-order valence-electron chi connectivity index (χ0n) is 20.0. The van der Waals surface area contributed by atoms with E-state index in [2.05, 4.69) is 44.0 Å². The first-order valence-electron chi connectivity index (χ1n) is 11.2. The van der Waals surface area contributed by atoms with Gasteiger partial charge in [0, 0.05) is 24.2 Å². The molecule has 192 valence electrons. The van der Waals surface area contributed by atoms with Crippen LogP contribution in [0.5, 0.6) is 0 Å². The second-order valence-corrected chi connectivity index (χ2v) is 9.61. The van der Waals surface area contributed by atoms with Gasteiger partial charge in [0.15, 0.2) is 12.2 Å². The Balaban J connectivity index is 0.000000367. The molecular weight excluding hydrogens is 478 g/mol. The fourth-order valence-corrected chi connectivity index (χ4v) is 3.95. The van der Waals surface area contributed by atoms with Gasteiger partial charge in [0.05, 0.1) is 11.6 Å². The van der Waals surface area contributed by atoms with E-state index in [0.29, 0.717) is 11.6 Å². The topological polar surface area (TPSA) is 151 Å². The number of halogens is 1. The van der Waals surface area contributed by atoms with Crippen LogP contribution in [0.15, 0.2) is 12.1 Å². The van der Waals surface area contributed by atoms with Crippen molar-refractivity contribution in [3.63, 3.8) is 0 Å². The van der Waals surface area contributed by atoms with Crippen LogP contribution in [0.2, 0.25) is 5.02 Å². The molecule has 2 heterocycles. The lowest BCUT2D eigenvalue weighted by atomic mass is 9.97. The summed E-state index contributed by atoms with van der Waals surface area (Å²) in [5, 5.41) is 36.6. The molecule has 0 spiro atoms. The minimum Gasteiger partial charge on any atom is -0.479 e. The van der Waals surface area contributed by atoms with E-state index < -0.39 is 24.1 Å². The number of fused-ring (bicyclic) bond motifs is 1. The van der Waals surface area contributed by atoms with E-state index in [4.69, 9.17) is 32.0 Å². The molecule has 35 heavy (non-hydrogen) atoms. The van der Waals surface area contributed by atoms with Crippen molar-refractivity contribution in [2.24, 2.45) is 0 Å². The van der Waals surface area contributed by atoms with Crippen molar-refractivity contribution >= 4 is 29.6 Å². The van der Waals surface area contributed by atoms with Crippen molar-refractivity contribution in [2.45, 2.75) is 51.4 Å². The number of carboxylic acid groups (broad SMARTS) is 2. The van der Waals surface area contributed by atoms with Gasteiger partial charge >= 0.3 is 18.0 Å². The first-order valence-corrected chi connectivity index (χ1v) is 11.6. The Labute approximate surface area is 209 Å². The summed E-state index contributed by atoms with van der Waals surface area (Å²) in [6, 6.07) is 4.13. The van der Waals surface area contributed by atoms with Crippen LogP contribution in [0.3, 0.4) is 0 Å². The Morgan fingerprint density at radius 3 is 2.23 bits per heavy atom. The summed E-state index contributed by atoms with van der Waals surface area (Å²) in [7, 11) is 0. The molecule has 0 aliphatic carbocycles. The largest absolute Gasteiger partial charge is 0.479 e. The number of hydrogen-bond donors (Lipinski definition) is 5. The summed E-state index contributed by atoms with van der Waals surface area (Å²) >= 11 is 6.41. The third-order valence-corrected chi connectivity index (χ3v) is 5.99. The lowest BCUT2D eigenvalue weighted by molar-refractivity contribution is -0.165. The van der Waals surface area contributed by atoms with Crippen molar-refractivity contribution in [3.05, 3.63) is 33.8 Å². The average molecular weight is 510 g/mol. The zero-order chi connectivity index (χ0) is 26.3. The molecule has 2 atom stereocenters. The van der Waals surface area contributed by atoms with Gasteiger partial charge in [-0.2, -0.15) is 0 Å². The Morgan fingerprint density at radius 2 is 1.69 bits per heavy atom. The Bertz CT molecular complexity index is 995. The number of carboxylic acids is 2. The SMILES string of the molecule is CC(C)(C)N1CCN(CC#Cc2c(Cl)ccc3c2CCNCC3)C1=O.O=C(O)[C@H](O)[C@@H](O)C(=O)O. The van der Waals surface area contributed by atoms with E-state index in [0.717, 1.165) is 44.6 Å². The van der Waals surface area contributed by atoms with Crippen molar-refractivity contribution < 1.29 is 34.8 Å². The number of benzene rings is 1. The number of rotatable bonds is 4. The second kappa shape index (κ2) is 12.2. The van der Waals surface area contributed by atoms with Crippen LogP contribution in [0, 0.1) is 11.8 Å². The van der Waals surface area contributed by atoms with E-state index in [9.17, 15) is 14.4 Å². The van der Waals surface area contributed by atoms with Crippen LogP contribution in [0.4, 0.5) is 4.79 Å². The van der Waals surface area contributed by atoms with Crippen molar-refractivity contribution in [2.75, 3.05) is 32.7 Å². The highest BCUT2D eigenvalue weighted by atomic mass is 35.5. The van der Waals surface area contributed by atoms with Crippen LogP contribution in [0.25, 0.3) is 0 Å². The summed E-state index contributed by atoms with van der Waals surface area (Å²) in [6.45, 7) is 10.1. The van der Waals surface area contributed by atoms with Gasteiger partial charge in [0.25, 0.3) is 0 Å². The molecule has 0 bridgehead atoms. The summed E-state index contributed by atoms with van der Waals surface area (Å²) in [5.41, 5.74) is 3.37. The molecule has 1 aromatic carbocycles. The zero-order valence-corrected chi connectivity index (χ0v) is 20.8. The predicted molar refractivity (Wildman–Crippen MR) is 129 cm³/mol. The second-order valence-electron chi connectivity index (χ2n) is 9.20. The van der Waals surface area contributed by atoms with E-state index in [1.807, 2.05) is 15.9 Å². The first kappa shape index (κ1) is 28.4. The fraction of sp³-hybridized carbons (Fsp3) is 0.542. The quantitative estimate of drug-likeness (QED) is 0.374. The molecule has 1 saturated heterocycles. The average Bonchev–Trinajstić information content (AvgIpc) is 3.00. The molecule has 2 aliphatic heterocycles. The molecule has 0 radical (unpaired) electrons. The number of nitrogens with one attached hydrogen (secondary N) is 1. The standard InChI is InChI=1S/C20H26ClN3O.C4H6O6/c1-20(2,3)24-14-13-23(19(24)25)12-4-5-17-16-9-11-22-10-8-15(16)6-7-18(17)21;5-1(3(7)8)2(6)4(9)10/h6-7,22H,8-14H2,1-3H3;1-2,5-6H,(H,7,8)(H,9,10)/t;1-,2-/m.1/s1. The molecule has 2 aliphatic rings. The molecule has 1 fully saturated rings. The van der Waals surface area contributed by atoms with E-state index in [-0.39, 0.29) is 11.6 Å². The molecule has 1 aromatic rings. The van der Waals surface area contributed by atoms with Gasteiger partial charge in [-0.15, -0.1) is 0 Å². The lowest BCUT2D eigenvalue weighted by Crippen LogP contribution is -2.44. The van der Waals surface area contributed by atoms with Gasteiger partial charge in [0.1, 0.15) is 0 Å². The highest BCUT2D eigenvalue weighted by Crippen LogP contribution is 2.25. The maximum atomic E-state index is 12.5. The molecule has 2 amide bonds. The number of hydrogen-bond acceptors (Lipinski definition) is 6. The van der Waals surface area contributed by atoms with Gasteiger partial charge in [-0.05, 0) is 63.9 Å². The fourth-order valence-electron chi connectivity index (χ4n) is 3.72. The van der Waals surface area contributed by atoms with Crippen LogP contribution >= 0.6 is 11.6 Å². The minimum atomic E-state index is -2.27. The first-order chi connectivity index (χ1) is 16.3. The molecule has 0 unspecified atom stereocenters. The molecule has 10 nitrogen and oxygen atoms in total. The van der Waals surface area contributed by atoms with Gasteiger partial charge in [-0.1, -0.05) is 29.5 Å². The van der Waals surface area contributed by atoms with E-state index in [1.165, 1.54) is 11.1 Å². The number of aliphatic hydroxyl groups is 2. The highest BCUT2D eigenvalue weighted by Gasteiger charge is 2.35. The number of nitrogens with zero attached hydrogens (tertiary/aromatic N) is 2. The smallest absolute Gasteiger partial charge is 0.335 e. The molecule has 5 N–H and O–H groups in total. The number of aliphatic hydroxyl groups excluding tert-OH is 2. The summed E-state index contributed by atoms with van der Waals surface area (Å²) in [6.07, 6.45) is -2.58. The predicted octanol–water partition coefficient (Wildman–Crippen LogP) is 0.793. The molecular formula is C24H32ClN3O7. The van der Waals surface area contributed by atoms with Crippen LogP contribution < -0.4 is 5.32 Å². The molecule has 11 heteroatoms. The van der Waals surface area contributed by atoms with E-state index >= 15 is 0 Å². The van der Waals surface area contributed by atoms with Crippen LogP contribution in [0.1, 0.15) is 37.5 Å². The monoisotopic (exact) mass is 509 g/mol. The van der Waals surface area contributed by atoms with Gasteiger partial charge < -0.3 is 35.5 Å². The minimum absolute atomic E-state index is 0.0731. The Kier molecular flexibility index (Phi) is 9.92. The molecule has 0 saturated carbocycles. The number of aliphatic carboxylic acids is 2. The lowest BCUT2D eigenvalue weighted by Gasteiger charge is -2.31. The maximum absolute atomic E-state index is 12.5. The Hall–Kier alpha value is -2.84. The normalized spacial score (nSPS) is 17.3.